The molecule has 0 atom stereocenters. The predicted octanol–water partition coefficient (Wildman–Crippen LogP) is 2.03. The van der Waals surface area contributed by atoms with Crippen molar-refractivity contribution in [3.63, 3.8) is 0 Å². The Morgan fingerprint density at radius 3 is 2.79 bits per heavy atom. The molecule has 0 saturated heterocycles. The fraction of sp³-hybridized carbons (Fsp3) is 0.167. The molecule has 0 radical (unpaired) electrons. The zero-order chi connectivity index (χ0) is 13.9. The third-order valence-corrected chi connectivity index (χ3v) is 4.60. The molecule has 0 aliphatic heterocycles. The molecule has 7 heteroatoms. The van der Waals surface area contributed by atoms with Gasteiger partial charge in [0.2, 0.25) is 0 Å². The summed E-state index contributed by atoms with van der Waals surface area (Å²) in [5, 5.41) is 8.93. The van der Waals surface area contributed by atoms with Crippen LogP contribution in [-0.2, 0) is 16.6 Å². The Balaban J connectivity index is 2.25. The van der Waals surface area contributed by atoms with Gasteiger partial charge >= 0.3 is 0 Å². The van der Waals surface area contributed by atoms with Crippen LogP contribution >= 0.6 is 11.8 Å². The summed E-state index contributed by atoms with van der Waals surface area (Å²) in [7, 11) is -3.63. The molecular weight excluding hydrogens is 284 g/mol. The van der Waals surface area contributed by atoms with Gasteiger partial charge in [0.05, 0.1) is 6.61 Å². The maximum absolute atomic E-state index is 12.1. The van der Waals surface area contributed by atoms with Gasteiger partial charge in [0.25, 0.3) is 10.0 Å². The molecule has 0 aliphatic rings. The Kier molecular flexibility index (Phi) is 4.18. The molecule has 5 nitrogen and oxygen atoms in total. The summed E-state index contributed by atoms with van der Waals surface area (Å²) in [6.45, 7) is -0.225. The van der Waals surface area contributed by atoms with Crippen molar-refractivity contribution in [1.82, 2.24) is 4.98 Å². The van der Waals surface area contributed by atoms with E-state index in [1.54, 1.807) is 18.2 Å². The maximum Gasteiger partial charge on any atom is 0.263 e. The van der Waals surface area contributed by atoms with Gasteiger partial charge in [-0.2, -0.15) is 0 Å². The summed E-state index contributed by atoms with van der Waals surface area (Å²) in [6, 6.07) is 8.56. The lowest BCUT2D eigenvalue weighted by molar-refractivity contribution is 0.277. The summed E-state index contributed by atoms with van der Waals surface area (Å²) >= 11 is 1.54. The normalized spacial score (nSPS) is 11.5. The molecular formula is C12H14N2O3S2. The Labute approximate surface area is 116 Å². The lowest BCUT2D eigenvalue weighted by Crippen LogP contribution is -2.12. The smallest absolute Gasteiger partial charge is 0.263 e. The first-order valence-electron chi connectivity index (χ1n) is 5.50. The highest BCUT2D eigenvalue weighted by Gasteiger charge is 2.16. The molecule has 0 amide bonds. The van der Waals surface area contributed by atoms with Gasteiger partial charge in [-0.15, -0.1) is 11.8 Å². The molecule has 0 spiro atoms. The van der Waals surface area contributed by atoms with Crippen molar-refractivity contribution < 1.29 is 13.5 Å². The number of H-pyrrole nitrogens is 1. The van der Waals surface area contributed by atoms with E-state index in [2.05, 4.69) is 9.71 Å². The molecule has 3 N–H and O–H groups in total. The molecule has 0 aliphatic carbocycles. The largest absolute Gasteiger partial charge is 0.390 e. The van der Waals surface area contributed by atoms with Gasteiger partial charge in [0, 0.05) is 22.5 Å². The Hall–Kier alpha value is -1.44. The topological polar surface area (TPSA) is 82.2 Å². The van der Waals surface area contributed by atoms with E-state index in [0.717, 1.165) is 4.90 Å². The molecule has 1 aromatic carbocycles. The minimum Gasteiger partial charge on any atom is -0.390 e. The van der Waals surface area contributed by atoms with E-state index in [1.165, 1.54) is 24.0 Å². The van der Waals surface area contributed by atoms with E-state index in [9.17, 15) is 8.42 Å². The summed E-state index contributed by atoms with van der Waals surface area (Å²) in [5.41, 5.74) is 0.969. The van der Waals surface area contributed by atoms with Crippen LogP contribution in [0.25, 0.3) is 0 Å². The first kappa shape index (κ1) is 14.0. The van der Waals surface area contributed by atoms with Crippen LogP contribution in [0.1, 0.15) is 5.69 Å². The molecule has 0 saturated carbocycles. The monoisotopic (exact) mass is 298 g/mol. The Morgan fingerprint density at radius 1 is 1.37 bits per heavy atom. The average Bonchev–Trinajstić information content (AvgIpc) is 2.88. The van der Waals surface area contributed by atoms with Crippen molar-refractivity contribution in [3.05, 3.63) is 42.2 Å². The minimum absolute atomic E-state index is 0.103. The second-order valence-corrected chi connectivity index (χ2v) is 6.42. The molecule has 0 unspecified atom stereocenters. The van der Waals surface area contributed by atoms with Crippen molar-refractivity contribution >= 4 is 27.5 Å². The second-order valence-electron chi connectivity index (χ2n) is 3.86. The van der Waals surface area contributed by atoms with E-state index < -0.39 is 10.0 Å². The predicted molar refractivity (Wildman–Crippen MR) is 75.7 cm³/mol. The quantitative estimate of drug-likeness (QED) is 0.738. The van der Waals surface area contributed by atoms with Crippen LogP contribution in [0.2, 0.25) is 0 Å². The number of thioether (sulfide) groups is 1. The third kappa shape index (κ3) is 3.31. The molecule has 1 heterocycles. The van der Waals surface area contributed by atoms with Gasteiger partial charge in [-0.1, -0.05) is 6.07 Å². The number of nitrogens with one attached hydrogen (secondary N) is 2. The summed E-state index contributed by atoms with van der Waals surface area (Å²) in [4.78, 5) is 3.78. The van der Waals surface area contributed by atoms with Crippen LogP contribution < -0.4 is 4.72 Å². The first-order chi connectivity index (χ1) is 9.05. The number of benzene rings is 1. The zero-order valence-electron chi connectivity index (χ0n) is 10.3. The fourth-order valence-corrected chi connectivity index (χ4v) is 3.09. The molecule has 1 aromatic heterocycles. The van der Waals surface area contributed by atoms with Gasteiger partial charge in [0.1, 0.15) is 4.90 Å². The summed E-state index contributed by atoms with van der Waals surface area (Å²) in [6.07, 6.45) is 3.28. The van der Waals surface area contributed by atoms with Crippen LogP contribution in [0.3, 0.4) is 0 Å². The van der Waals surface area contributed by atoms with Crippen LogP contribution in [-0.4, -0.2) is 24.8 Å². The van der Waals surface area contributed by atoms with Crippen molar-refractivity contribution in [3.8, 4) is 0 Å². The SMILES string of the molecule is CSc1cccc(NS(=O)(=O)c2c[nH]c(CO)c2)c1. The average molecular weight is 298 g/mol. The number of hydrogen-bond donors (Lipinski definition) is 3. The summed E-state index contributed by atoms with van der Waals surface area (Å²) < 4.78 is 26.7. The van der Waals surface area contributed by atoms with E-state index in [0.29, 0.717) is 11.4 Å². The van der Waals surface area contributed by atoms with Crippen molar-refractivity contribution in [2.24, 2.45) is 0 Å². The molecule has 2 aromatic rings. The summed E-state index contributed by atoms with van der Waals surface area (Å²) in [5.74, 6) is 0. The fourth-order valence-electron chi connectivity index (χ4n) is 1.57. The molecule has 19 heavy (non-hydrogen) atoms. The van der Waals surface area contributed by atoms with Gasteiger partial charge in [-0.05, 0) is 30.5 Å². The molecule has 0 fully saturated rings. The number of aliphatic hydroxyl groups is 1. The lowest BCUT2D eigenvalue weighted by atomic mass is 10.3. The van der Waals surface area contributed by atoms with E-state index in [1.807, 2.05) is 12.3 Å². The van der Waals surface area contributed by atoms with E-state index >= 15 is 0 Å². The molecule has 102 valence electrons. The van der Waals surface area contributed by atoms with Crippen molar-refractivity contribution in [2.75, 3.05) is 11.0 Å². The van der Waals surface area contributed by atoms with Gasteiger partial charge in [0.15, 0.2) is 0 Å². The Bertz CT molecular complexity index is 665. The number of sulfonamides is 1. The number of aromatic amines is 1. The standard InChI is InChI=1S/C12H14N2O3S2/c1-18-11-4-2-3-9(5-11)14-19(16,17)12-6-10(8-15)13-7-12/h2-7,13-15H,8H2,1H3. The van der Waals surface area contributed by atoms with Crippen molar-refractivity contribution in [1.29, 1.82) is 0 Å². The Morgan fingerprint density at radius 2 is 2.16 bits per heavy atom. The lowest BCUT2D eigenvalue weighted by Gasteiger charge is -2.07. The number of rotatable bonds is 5. The first-order valence-corrected chi connectivity index (χ1v) is 8.21. The van der Waals surface area contributed by atoms with Gasteiger partial charge in [-0.25, -0.2) is 8.42 Å². The highest BCUT2D eigenvalue weighted by atomic mass is 32.2. The number of hydrogen-bond acceptors (Lipinski definition) is 4. The van der Waals surface area contributed by atoms with E-state index in [4.69, 9.17) is 5.11 Å². The van der Waals surface area contributed by atoms with Crippen LogP contribution in [0.5, 0.6) is 0 Å². The van der Waals surface area contributed by atoms with Gasteiger partial charge < -0.3 is 10.1 Å². The second kappa shape index (κ2) is 5.68. The number of anilines is 1. The molecule has 2 rings (SSSR count). The molecule has 0 bridgehead atoms. The van der Waals surface area contributed by atoms with Crippen LogP contribution in [0.15, 0.2) is 46.3 Å². The van der Waals surface area contributed by atoms with Gasteiger partial charge in [-0.3, -0.25) is 4.72 Å². The van der Waals surface area contributed by atoms with Crippen LogP contribution in [0.4, 0.5) is 5.69 Å². The van der Waals surface area contributed by atoms with Crippen molar-refractivity contribution in [2.45, 2.75) is 16.4 Å². The third-order valence-electron chi connectivity index (χ3n) is 2.52. The number of aromatic nitrogens is 1. The maximum atomic E-state index is 12.1. The van der Waals surface area contributed by atoms with Crippen LogP contribution in [0, 0.1) is 0 Å². The van der Waals surface area contributed by atoms with E-state index in [-0.39, 0.29) is 11.5 Å². The zero-order valence-corrected chi connectivity index (χ0v) is 11.9. The minimum atomic E-state index is -3.63. The number of aliphatic hydroxyl groups excluding tert-OH is 1. The highest BCUT2D eigenvalue weighted by Crippen LogP contribution is 2.22. The highest BCUT2D eigenvalue weighted by molar-refractivity contribution is 7.98.